The molecule has 6 nitrogen and oxygen atoms in total. The van der Waals surface area contributed by atoms with Crippen LogP contribution in [0.1, 0.15) is 23.0 Å². The minimum Gasteiger partial charge on any atom is -0.383 e. The minimum absolute atomic E-state index is 0.231. The van der Waals surface area contributed by atoms with Crippen LogP contribution >= 0.6 is 0 Å². The molecule has 0 saturated heterocycles. The van der Waals surface area contributed by atoms with E-state index in [4.69, 9.17) is 4.74 Å². The third-order valence-corrected chi connectivity index (χ3v) is 3.38. The fraction of sp³-hybridized carbons (Fsp3) is 0.353. The zero-order valence-corrected chi connectivity index (χ0v) is 13.7. The number of rotatable bonds is 7. The second kappa shape index (κ2) is 8.24. The standard InChI is InChI=1S/C17H22N4O2/c1-4-21(14-7-5-6-13(2)10-14)16-11-15(19-12-20-16)17(22)18-8-9-23-3/h5-7,10-12H,4,8-9H2,1-3H3,(H,18,22). The number of hydrogen-bond acceptors (Lipinski definition) is 5. The van der Waals surface area contributed by atoms with Crippen LogP contribution in [0.2, 0.25) is 0 Å². The van der Waals surface area contributed by atoms with Crippen molar-refractivity contribution >= 4 is 17.4 Å². The van der Waals surface area contributed by atoms with Crippen LogP contribution in [-0.2, 0) is 4.74 Å². The van der Waals surface area contributed by atoms with E-state index < -0.39 is 0 Å². The Balaban J connectivity index is 2.21. The molecule has 0 radical (unpaired) electrons. The number of hydrogen-bond donors (Lipinski definition) is 1. The van der Waals surface area contributed by atoms with E-state index in [1.54, 1.807) is 13.2 Å². The molecule has 0 fully saturated rings. The van der Waals surface area contributed by atoms with Crippen LogP contribution in [-0.4, -0.2) is 42.7 Å². The summed E-state index contributed by atoms with van der Waals surface area (Å²) < 4.78 is 4.92. The Morgan fingerprint density at radius 3 is 2.83 bits per heavy atom. The number of benzene rings is 1. The van der Waals surface area contributed by atoms with Gasteiger partial charge in [-0.05, 0) is 31.5 Å². The van der Waals surface area contributed by atoms with Crippen molar-refractivity contribution in [1.82, 2.24) is 15.3 Å². The van der Waals surface area contributed by atoms with Crippen molar-refractivity contribution < 1.29 is 9.53 Å². The fourth-order valence-corrected chi connectivity index (χ4v) is 2.25. The Kier molecular flexibility index (Phi) is 6.05. The molecule has 0 atom stereocenters. The smallest absolute Gasteiger partial charge is 0.270 e. The number of aromatic nitrogens is 2. The highest BCUT2D eigenvalue weighted by atomic mass is 16.5. The quantitative estimate of drug-likeness (QED) is 0.794. The molecule has 0 saturated carbocycles. The molecule has 122 valence electrons. The van der Waals surface area contributed by atoms with Gasteiger partial charge in [0, 0.05) is 32.0 Å². The average molecular weight is 314 g/mol. The second-order valence-corrected chi connectivity index (χ2v) is 5.09. The highest BCUT2D eigenvalue weighted by Crippen LogP contribution is 2.24. The third-order valence-electron chi connectivity index (χ3n) is 3.38. The number of amides is 1. The van der Waals surface area contributed by atoms with Crippen LogP contribution in [0.5, 0.6) is 0 Å². The Morgan fingerprint density at radius 1 is 1.30 bits per heavy atom. The van der Waals surface area contributed by atoms with Gasteiger partial charge in [0.1, 0.15) is 17.8 Å². The molecule has 1 N–H and O–H groups in total. The summed E-state index contributed by atoms with van der Waals surface area (Å²) in [6.45, 7) is 5.75. The van der Waals surface area contributed by atoms with Gasteiger partial charge in [0.2, 0.25) is 0 Å². The number of methoxy groups -OCH3 is 1. The maximum Gasteiger partial charge on any atom is 0.270 e. The molecule has 1 amide bonds. The SMILES string of the molecule is CCN(c1cccc(C)c1)c1cc(C(=O)NCCOC)ncn1. The lowest BCUT2D eigenvalue weighted by Crippen LogP contribution is -2.28. The van der Waals surface area contributed by atoms with Crippen LogP contribution in [0, 0.1) is 6.92 Å². The van der Waals surface area contributed by atoms with Gasteiger partial charge in [-0.2, -0.15) is 0 Å². The number of carbonyl (C=O) groups excluding carboxylic acids is 1. The molecule has 2 rings (SSSR count). The van der Waals surface area contributed by atoms with Crippen molar-refractivity contribution in [3.8, 4) is 0 Å². The van der Waals surface area contributed by atoms with Gasteiger partial charge in [0.05, 0.1) is 6.61 Å². The van der Waals surface area contributed by atoms with Crippen molar-refractivity contribution in [2.75, 3.05) is 31.7 Å². The molecule has 1 heterocycles. The summed E-state index contributed by atoms with van der Waals surface area (Å²) in [6.07, 6.45) is 1.42. The molecule has 1 aromatic heterocycles. The van der Waals surface area contributed by atoms with Crippen molar-refractivity contribution in [2.45, 2.75) is 13.8 Å². The molecule has 2 aromatic rings. The van der Waals surface area contributed by atoms with Crippen LogP contribution < -0.4 is 10.2 Å². The summed E-state index contributed by atoms with van der Waals surface area (Å²) in [5.41, 5.74) is 2.56. The molecule has 0 aliphatic heterocycles. The zero-order valence-electron chi connectivity index (χ0n) is 13.7. The molecule has 0 aliphatic carbocycles. The highest BCUT2D eigenvalue weighted by Gasteiger charge is 2.13. The van der Waals surface area contributed by atoms with Gasteiger partial charge in [-0.15, -0.1) is 0 Å². The van der Waals surface area contributed by atoms with E-state index in [1.165, 1.54) is 11.9 Å². The first-order valence-corrected chi connectivity index (χ1v) is 7.59. The van der Waals surface area contributed by atoms with Crippen LogP contribution in [0.25, 0.3) is 0 Å². The Bertz CT molecular complexity index is 661. The largest absolute Gasteiger partial charge is 0.383 e. The van der Waals surface area contributed by atoms with E-state index in [0.717, 1.165) is 12.2 Å². The molecule has 0 aliphatic rings. The lowest BCUT2D eigenvalue weighted by atomic mass is 10.2. The van der Waals surface area contributed by atoms with E-state index in [2.05, 4.69) is 21.4 Å². The van der Waals surface area contributed by atoms with Crippen LogP contribution in [0.15, 0.2) is 36.7 Å². The molecule has 23 heavy (non-hydrogen) atoms. The van der Waals surface area contributed by atoms with E-state index in [-0.39, 0.29) is 5.91 Å². The predicted molar refractivity (Wildman–Crippen MR) is 90.1 cm³/mol. The van der Waals surface area contributed by atoms with Gasteiger partial charge < -0.3 is 15.0 Å². The van der Waals surface area contributed by atoms with Crippen LogP contribution in [0.4, 0.5) is 11.5 Å². The number of nitrogens with one attached hydrogen (secondary N) is 1. The maximum atomic E-state index is 12.1. The highest BCUT2D eigenvalue weighted by molar-refractivity contribution is 5.93. The van der Waals surface area contributed by atoms with Gasteiger partial charge in [0.25, 0.3) is 5.91 Å². The van der Waals surface area contributed by atoms with E-state index in [0.29, 0.717) is 24.7 Å². The summed E-state index contributed by atoms with van der Waals surface area (Å²) >= 11 is 0. The first-order valence-electron chi connectivity index (χ1n) is 7.59. The molecule has 0 spiro atoms. The first-order chi connectivity index (χ1) is 11.2. The van der Waals surface area contributed by atoms with Gasteiger partial charge >= 0.3 is 0 Å². The summed E-state index contributed by atoms with van der Waals surface area (Å²) in [6, 6.07) is 9.87. The number of aryl methyl sites for hydroxylation is 1. The minimum atomic E-state index is -0.231. The number of nitrogens with zero attached hydrogens (tertiary/aromatic N) is 3. The van der Waals surface area contributed by atoms with E-state index in [9.17, 15) is 4.79 Å². The summed E-state index contributed by atoms with van der Waals surface area (Å²) in [7, 11) is 1.59. The maximum absolute atomic E-state index is 12.1. The topological polar surface area (TPSA) is 67.4 Å². The summed E-state index contributed by atoms with van der Waals surface area (Å²) in [5, 5.41) is 2.76. The number of carbonyl (C=O) groups is 1. The van der Waals surface area contributed by atoms with Gasteiger partial charge in [0.15, 0.2) is 0 Å². The summed E-state index contributed by atoms with van der Waals surface area (Å²) in [5.74, 6) is 0.469. The molecular weight excluding hydrogens is 292 g/mol. The second-order valence-electron chi connectivity index (χ2n) is 5.09. The van der Waals surface area contributed by atoms with E-state index in [1.807, 2.05) is 36.9 Å². The van der Waals surface area contributed by atoms with Crippen molar-refractivity contribution in [3.63, 3.8) is 0 Å². The zero-order chi connectivity index (χ0) is 16.7. The number of ether oxygens (including phenoxy) is 1. The molecular formula is C17H22N4O2. The first kappa shape index (κ1) is 16.9. The lowest BCUT2D eigenvalue weighted by Gasteiger charge is -2.22. The molecule has 0 unspecified atom stereocenters. The van der Waals surface area contributed by atoms with Crippen molar-refractivity contribution in [1.29, 1.82) is 0 Å². The predicted octanol–water partition coefficient (Wildman–Crippen LogP) is 2.32. The third kappa shape index (κ3) is 4.50. The molecule has 0 bridgehead atoms. The van der Waals surface area contributed by atoms with Crippen LogP contribution in [0.3, 0.4) is 0 Å². The van der Waals surface area contributed by atoms with Crippen molar-refractivity contribution in [3.05, 3.63) is 47.9 Å². The Morgan fingerprint density at radius 2 is 2.13 bits per heavy atom. The molecule has 6 heteroatoms. The van der Waals surface area contributed by atoms with Gasteiger partial charge in [-0.3, -0.25) is 4.79 Å². The fourth-order valence-electron chi connectivity index (χ4n) is 2.25. The molecule has 1 aromatic carbocycles. The Labute approximate surface area is 136 Å². The van der Waals surface area contributed by atoms with Gasteiger partial charge in [-0.1, -0.05) is 12.1 Å². The Hall–Kier alpha value is -2.47. The summed E-state index contributed by atoms with van der Waals surface area (Å²) in [4.78, 5) is 22.5. The van der Waals surface area contributed by atoms with Gasteiger partial charge in [-0.25, -0.2) is 9.97 Å². The lowest BCUT2D eigenvalue weighted by molar-refractivity contribution is 0.0932. The monoisotopic (exact) mass is 314 g/mol. The average Bonchev–Trinajstić information content (AvgIpc) is 2.56. The normalized spacial score (nSPS) is 10.4. The van der Waals surface area contributed by atoms with E-state index >= 15 is 0 Å². The van der Waals surface area contributed by atoms with Crippen molar-refractivity contribution in [2.24, 2.45) is 0 Å². The number of anilines is 2.